The quantitative estimate of drug-likeness (QED) is 0.633. The predicted molar refractivity (Wildman–Crippen MR) is 51.3 cm³/mol. The molecular formula is C9H20N2O. The van der Waals surface area contributed by atoms with Crippen molar-refractivity contribution < 1.29 is 4.79 Å². The molecule has 3 nitrogen and oxygen atoms in total. The summed E-state index contributed by atoms with van der Waals surface area (Å²) in [6.45, 7) is 5.57. The van der Waals surface area contributed by atoms with Gasteiger partial charge in [-0.15, -0.1) is 0 Å². The molecule has 0 radical (unpaired) electrons. The zero-order chi connectivity index (χ0) is 9.56. The highest BCUT2D eigenvalue weighted by molar-refractivity contribution is 5.83. The van der Waals surface area contributed by atoms with Crippen molar-refractivity contribution in [1.82, 2.24) is 10.2 Å². The van der Waals surface area contributed by atoms with E-state index in [1.54, 1.807) is 0 Å². The summed E-state index contributed by atoms with van der Waals surface area (Å²) in [5.41, 5.74) is 0. The molecule has 0 bridgehead atoms. The van der Waals surface area contributed by atoms with Crippen molar-refractivity contribution in [3.63, 3.8) is 0 Å². The SMILES string of the molecule is CCN[C@@H](CN(C)C)C(=O)CC. The van der Waals surface area contributed by atoms with Crippen molar-refractivity contribution in [3.8, 4) is 0 Å². The third kappa shape index (κ3) is 4.46. The zero-order valence-electron chi connectivity index (χ0n) is 8.55. The Morgan fingerprint density at radius 1 is 1.42 bits per heavy atom. The largest absolute Gasteiger partial charge is 0.307 e. The van der Waals surface area contributed by atoms with Gasteiger partial charge in [-0.3, -0.25) is 4.79 Å². The van der Waals surface area contributed by atoms with Crippen molar-refractivity contribution in [3.05, 3.63) is 0 Å². The minimum absolute atomic E-state index is 0.00926. The van der Waals surface area contributed by atoms with Gasteiger partial charge >= 0.3 is 0 Å². The summed E-state index contributed by atoms with van der Waals surface area (Å²) < 4.78 is 0. The summed E-state index contributed by atoms with van der Waals surface area (Å²) >= 11 is 0. The third-order valence-electron chi connectivity index (χ3n) is 1.74. The molecule has 0 aromatic rings. The van der Waals surface area contributed by atoms with Crippen molar-refractivity contribution >= 4 is 5.78 Å². The lowest BCUT2D eigenvalue weighted by Crippen LogP contribution is -2.43. The maximum Gasteiger partial charge on any atom is 0.150 e. The minimum atomic E-state index is 0.00926. The smallest absolute Gasteiger partial charge is 0.150 e. The Kier molecular flexibility index (Phi) is 5.93. The summed E-state index contributed by atoms with van der Waals surface area (Å²) in [5, 5.41) is 3.17. The summed E-state index contributed by atoms with van der Waals surface area (Å²) in [6, 6.07) is 0.00926. The first kappa shape index (κ1) is 11.6. The van der Waals surface area contributed by atoms with Gasteiger partial charge in [-0.05, 0) is 20.6 Å². The molecule has 0 aliphatic rings. The van der Waals surface area contributed by atoms with Gasteiger partial charge in [0.05, 0.1) is 6.04 Å². The van der Waals surface area contributed by atoms with Crippen LogP contribution in [0, 0.1) is 0 Å². The van der Waals surface area contributed by atoms with Crippen LogP contribution in [0.15, 0.2) is 0 Å². The minimum Gasteiger partial charge on any atom is -0.307 e. The number of hydrogen-bond acceptors (Lipinski definition) is 3. The topological polar surface area (TPSA) is 32.3 Å². The van der Waals surface area contributed by atoms with Gasteiger partial charge in [-0.25, -0.2) is 0 Å². The molecule has 0 aliphatic carbocycles. The molecule has 72 valence electrons. The highest BCUT2D eigenvalue weighted by Gasteiger charge is 2.15. The monoisotopic (exact) mass is 172 g/mol. The fraction of sp³-hybridized carbons (Fsp3) is 0.889. The molecule has 0 aromatic carbocycles. The molecule has 0 saturated heterocycles. The molecule has 0 heterocycles. The van der Waals surface area contributed by atoms with E-state index in [1.165, 1.54) is 0 Å². The van der Waals surface area contributed by atoms with Gasteiger partial charge in [0.15, 0.2) is 5.78 Å². The lowest BCUT2D eigenvalue weighted by Gasteiger charge is -2.19. The van der Waals surface area contributed by atoms with Crippen LogP contribution >= 0.6 is 0 Å². The second-order valence-corrected chi connectivity index (χ2v) is 3.19. The molecule has 0 unspecified atom stereocenters. The van der Waals surface area contributed by atoms with Gasteiger partial charge in [0.2, 0.25) is 0 Å². The van der Waals surface area contributed by atoms with Gasteiger partial charge in [-0.1, -0.05) is 13.8 Å². The molecule has 0 saturated carbocycles. The van der Waals surface area contributed by atoms with Crippen molar-refractivity contribution in [1.29, 1.82) is 0 Å². The first-order valence-corrected chi connectivity index (χ1v) is 4.52. The molecule has 0 spiro atoms. The number of Topliss-reactive ketones (excluding diaryl/α,β-unsaturated/α-hetero) is 1. The van der Waals surface area contributed by atoms with E-state index in [0.717, 1.165) is 13.1 Å². The Morgan fingerprint density at radius 2 is 2.00 bits per heavy atom. The van der Waals surface area contributed by atoms with Crippen LogP contribution < -0.4 is 5.32 Å². The van der Waals surface area contributed by atoms with Crippen molar-refractivity contribution in [2.24, 2.45) is 0 Å². The average molecular weight is 172 g/mol. The Hall–Kier alpha value is -0.410. The fourth-order valence-electron chi connectivity index (χ4n) is 1.14. The normalized spacial score (nSPS) is 13.4. The lowest BCUT2D eigenvalue weighted by atomic mass is 10.1. The van der Waals surface area contributed by atoms with E-state index in [2.05, 4.69) is 5.32 Å². The van der Waals surface area contributed by atoms with Crippen molar-refractivity contribution in [2.45, 2.75) is 26.3 Å². The maximum atomic E-state index is 11.3. The van der Waals surface area contributed by atoms with E-state index in [9.17, 15) is 4.79 Å². The second kappa shape index (κ2) is 6.14. The average Bonchev–Trinajstić information content (AvgIpc) is 2.01. The van der Waals surface area contributed by atoms with Gasteiger partial charge < -0.3 is 10.2 Å². The van der Waals surface area contributed by atoms with Gasteiger partial charge in [-0.2, -0.15) is 0 Å². The van der Waals surface area contributed by atoms with Gasteiger partial charge in [0, 0.05) is 13.0 Å². The first-order valence-electron chi connectivity index (χ1n) is 4.52. The molecule has 1 N–H and O–H groups in total. The summed E-state index contributed by atoms with van der Waals surface area (Å²) in [5.74, 6) is 0.297. The van der Waals surface area contributed by atoms with Crippen LogP contribution in [0.3, 0.4) is 0 Å². The van der Waals surface area contributed by atoms with Crippen LogP contribution in [0.1, 0.15) is 20.3 Å². The van der Waals surface area contributed by atoms with Gasteiger partial charge in [0.25, 0.3) is 0 Å². The Bertz CT molecular complexity index is 134. The highest BCUT2D eigenvalue weighted by Crippen LogP contribution is 1.93. The molecule has 0 fully saturated rings. The Labute approximate surface area is 75.1 Å². The number of likely N-dealkylation sites (N-methyl/N-ethyl adjacent to an activating group) is 2. The highest BCUT2D eigenvalue weighted by atomic mass is 16.1. The van der Waals surface area contributed by atoms with E-state index in [4.69, 9.17) is 0 Å². The van der Waals surface area contributed by atoms with E-state index in [1.807, 2.05) is 32.8 Å². The molecule has 0 rings (SSSR count). The molecule has 3 heteroatoms. The molecule has 0 amide bonds. The van der Waals surface area contributed by atoms with Crippen LogP contribution in [0.5, 0.6) is 0 Å². The first-order chi connectivity index (χ1) is 5.61. The van der Waals surface area contributed by atoms with Crippen molar-refractivity contribution in [2.75, 3.05) is 27.2 Å². The second-order valence-electron chi connectivity index (χ2n) is 3.19. The van der Waals surface area contributed by atoms with Crippen LogP contribution in [-0.2, 0) is 4.79 Å². The lowest BCUT2D eigenvalue weighted by molar-refractivity contribution is -0.121. The van der Waals surface area contributed by atoms with E-state index >= 15 is 0 Å². The molecule has 0 aliphatic heterocycles. The van der Waals surface area contributed by atoms with Crippen LogP contribution in [-0.4, -0.2) is 43.9 Å². The molecule has 12 heavy (non-hydrogen) atoms. The number of carbonyl (C=O) groups excluding carboxylic acids is 1. The van der Waals surface area contributed by atoms with Crippen LogP contribution in [0.4, 0.5) is 0 Å². The number of nitrogens with zero attached hydrogens (tertiary/aromatic N) is 1. The summed E-state index contributed by atoms with van der Waals surface area (Å²) in [6.07, 6.45) is 0.617. The van der Waals surface area contributed by atoms with E-state index in [-0.39, 0.29) is 6.04 Å². The molecule has 0 aromatic heterocycles. The molecule has 1 atom stereocenters. The third-order valence-corrected chi connectivity index (χ3v) is 1.74. The Balaban J connectivity index is 3.94. The van der Waals surface area contributed by atoms with Gasteiger partial charge in [0.1, 0.15) is 0 Å². The number of hydrogen-bond donors (Lipinski definition) is 1. The van der Waals surface area contributed by atoms with E-state index in [0.29, 0.717) is 12.2 Å². The zero-order valence-corrected chi connectivity index (χ0v) is 8.55. The van der Waals surface area contributed by atoms with Crippen LogP contribution in [0.25, 0.3) is 0 Å². The van der Waals surface area contributed by atoms with E-state index < -0.39 is 0 Å². The van der Waals surface area contributed by atoms with Crippen LogP contribution in [0.2, 0.25) is 0 Å². The summed E-state index contributed by atoms with van der Waals surface area (Å²) in [7, 11) is 3.96. The molecular weight excluding hydrogens is 152 g/mol. The number of carbonyl (C=O) groups is 1. The fourth-order valence-corrected chi connectivity index (χ4v) is 1.14. The Morgan fingerprint density at radius 3 is 2.33 bits per heavy atom. The number of ketones is 1. The standard InChI is InChI=1S/C9H20N2O/c1-5-9(12)8(10-6-2)7-11(3)4/h8,10H,5-7H2,1-4H3/t8-/m0/s1. The maximum absolute atomic E-state index is 11.3. The number of nitrogens with one attached hydrogen (secondary N) is 1. The number of rotatable bonds is 6. The summed E-state index contributed by atoms with van der Waals surface area (Å²) in [4.78, 5) is 13.4. The predicted octanol–water partition coefficient (Wildman–Crippen LogP) is 0.505.